The summed E-state index contributed by atoms with van der Waals surface area (Å²) in [5, 5.41) is 10.4. The van der Waals surface area contributed by atoms with Gasteiger partial charge in [0.2, 0.25) is 0 Å². The Bertz CT molecular complexity index is 876. The van der Waals surface area contributed by atoms with Gasteiger partial charge in [-0.05, 0) is 36.4 Å². The van der Waals surface area contributed by atoms with Gasteiger partial charge in [0.05, 0.1) is 12.6 Å². The standard InChI is InChI=1S/C16H15FN4O2/c1-23-14-5-2-10(17)6-9(14)8-19-11-3-4-13-12(7-11)15(16(18)22)21-20-13/h2-7,19H,8H2,1H3,(H2,18,22)(H,20,21). The van der Waals surface area contributed by atoms with E-state index in [0.717, 1.165) is 5.69 Å². The topological polar surface area (TPSA) is 93.0 Å². The third kappa shape index (κ3) is 2.94. The summed E-state index contributed by atoms with van der Waals surface area (Å²) in [5.41, 5.74) is 7.64. The number of carbonyl (C=O) groups is 1. The van der Waals surface area contributed by atoms with Gasteiger partial charge in [-0.2, -0.15) is 5.10 Å². The fourth-order valence-electron chi connectivity index (χ4n) is 2.39. The Balaban J connectivity index is 1.86. The van der Waals surface area contributed by atoms with Crippen LogP contribution in [0.2, 0.25) is 0 Å². The van der Waals surface area contributed by atoms with Crippen LogP contribution in [0.4, 0.5) is 10.1 Å². The van der Waals surface area contributed by atoms with E-state index in [-0.39, 0.29) is 11.5 Å². The van der Waals surface area contributed by atoms with Crippen molar-refractivity contribution in [3.8, 4) is 5.75 Å². The molecule has 7 heteroatoms. The number of rotatable bonds is 5. The van der Waals surface area contributed by atoms with E-state index in [1.165, 1.54) is 19.2 Å². The molecule has 1 amide bonds. The molecule has 1 heterocycles. The molecule has 0 unspecified atom stereocenters. The van der Waals surface area contributed by atoms with Crippen LogP contribution >= 0.6 is 0 Å². The molecule has 4 N–H and O–H groups in total. The molecular formula is C16H15FN4O2. The molecule has 118 valence electrons. The summed E-state index contributed by atoms with van der Waals surface area (Å²) in [6.07, 6.45) is 0. The second-order valence-electron chi connectivity index (χ2n) is 5.01. The monoisotopic (exact) mass is 314 g/mol. The Labute approximate surface area is 131 Å². The van der Waals surface area contributed by atoms with E-state index in [0.29, 0.717) is 28.8 Å². The number of nitrogens with zero attached hydrogens (tertiary/aromatic N) is 1. The average Bonchev–Trinajstić information content (AvgIpc) is 2.96. The van der Waals surface area contributed by atoms with Crippen molar-refractivity contribution in [2.24, 2.45) is 5.73 Å². The molecule has 0 atom stereocenters. The van der Waals surface area contributed by atoms with Crippen molar-refractivity contribution in [1.82, 2.24) is 10.2 Å². The number of fused-ring (bicyclic) bond motifs is 1. The van der Waals surface area contributed by atoms with Crippen molar-refractivity contribution in [3.63, 3.8) is 0 Å². The molecule has 3 rings (SSSR count). The fourth-order valence-corrected chi connectivity index (χ4v) is 2.39. The van der Waals surface area contributed by atoms with Gasteiger partial charge in [0, 0.05) is 23.2 Å². The van der Waals surface area contributed by atoms with Crippen LogP contribution in [-0.2, 0) is 6.54 Å². The van der Waals surface area contributed by atoms with Crippen molar-refractivity contribution in [1.29, 1.82) is 0 Å². The number of methoxy groups -OCH3 is 1. The first-order valence-corrected chi connectivity index (χ1v) is 6.92. The molecule has 1 aromatic heterocycles. The number of primary amides is 1. The first kappa shape index (κ1) is 14.8. The smallest absolute Gasteiger partial charge is 0.269 e. The van der Waals surface area contributed by atoms with Gasteiger partial charge in [-0.15, -0.1) is 0 Å². The van der Waals surface area contributed by atoms with Crippen molar-refractivity contribution < 1.29 is 13.9 Å². The highest BCUT2D eigenvalue weighted by molar-refractivity contribution is 6.04. The van der Waals surface area contributed by atoms with E-state index >= 15 is 0 Å². The Morgan fingerprint density at radius 2 is 2.17 bits per heavy atom. The minimum absolute atomic E-state index is 0.187. The normalized spacial score (nSPS) is 10.7. The third-order valence-corrected chi connectivity index (χ3v) is 3.52. The predicted octanol–water partition coefficient (Wildman–Crippen LogP) is 2.42. The zero-order valence-electron chi connectivity index (χ0n) is 12.4. The Kier molecular flexibility index (Phi) is 3.84. The molecule has 6 nitrogen and oxygen atoms in total. The van der Waals surface area contributed by atoms with Crippen molar-refractivity contribution in [2.75, 3.05) is 12.4 Å². The SMILES string of the molecule is COc1ccc(F)cc1CNc1ccc2[nH]nc(C(N)=O)c2c1. The second kappa shape index (κ2) is 5.96. The summed E-state index contributed by atoms with van der Waals surface area (Å²) in [4.78, 5) is 11.3. The number of halogens is 1. The summed E-state index contributed by atoms with van der Waals surface area (Å²) in [6.45, 7) is 0.371. The van der Waals surface area contributed by atoms with E-state index in [1.54, 1.807) is 18.2 Å². The number of amides is 1. The van der Waals surface area contributed by atoms with Gasteiger partial charge in [-0.1, -0.05) is 0 Å². The highest BCUT2D eigenvalue weighted by Crippen LogP contribution is 2.23. The second-order valence-corrected chi connectivity index (χ2v) is 5.01. The zero-order valence-corrected chi connectivity index (χ0v) is 12.4. The first-order chi connectivity index (χ1) is 11.1. The van der Waals surface area contributed by atoms with E-state index in [4.69, 9.17) is 10.5 Å². The number of hydrogen-bond donors (Lipinski definition) is 3. The highest BCUT2D eigenvalue weighted by Gasteiger charge is 2.11. The number of carbonyl (C=O) groups excluding carboxylic acids is 1. The van der Waals surface area contributed by atoms with Crippen LogP contribution in [0.25, 0.3) is 10.9 Å². The Morgan fingerprint density at radius 3 is 2.91 bits per heavy atom. The number of hydrogen-bond acceptors (Lipinski definition) is 4. The van der Waals surface area contributed by atoms with E-state index in [1.807, 2.05) is 6.07 Å². The molecule has 0 aliphatic carbocycles. The maximum absolute atomic E-state index is 13.4. The lowest BCUT2D eigenvalue weighted by Crippen LogP contribution is -2.11. The average molecular weight is 314 g/mol. The molecule has 0 radical (unpaired) electrons. The van der Waals surface area contributed by atoms with E-state index in [2.05, 4.69) is 15.5 Å². The van der Waals surface area contributed by atoms with Crippen LogP contribution in [0.5, 0.6) is 5.75 Å². The van der Waals surface area contributed by atoms with E-state index < -0.39 is 5.91 Å². The van der Waals surface area contributed by atoms with Crippen LogP contribution in [0.3, 0.4) is 0 Å². The number of anilines is 1. The molecule has 0 saturated heterocycles. The largest absolute Gasteiger partial charge is 0.496 e. The molecule has 3 aromatic rings. The molecule has 0 spiro atoms. The van der Waals surface area contributed by atoms with Gasteiger partial charge in [-0.3, -0.25) is 9.89 Å². The number of aromatic amines is 1. The highest BCUT2D eigenvalue weighted by atomic mass is 19.1. The van der Waals surface area contributed by atoms with Crippen LogP contribution in [0.1, 0.15) is 16.1 Å². The molecule has 0 saturated carbocycles. The molecule has 0 aliphatic heterocycles. The fraction of sp³-hybridized carbons (Fsp3) is 0.125. The minimum atomic E-state index is -0.597. The summed E-state index contributed by atoms with van der Waals surface area (Å²) in [5.74, 6) is -0.329. The van der Waals surface area contributed by atoms with Crippen molar-refractivity contribution in [3.05, 3.63) is 53.5 Å². The van der Waals surface area contributed by atoms with Crippen LogP contribution < -0.4 is 15.8 Å². The Hall–Kier alpha value is -3.09. The lowest BCUT2D eigenvalue weighted by atomic mass is 10.1. The van der Waals surface area contributed by atoms with Crippen molar-refractivity contribution in [2.45, 2.75) is 6.54 Å². The minimum Gasteiger partial charge on any atom is -0.496 e. The predicted molar refractivity (Wildman–Crippen MR) is 84.9 cm³/mol. The van der Waals surface area contributed by atoms with Crippen molar-refractivity contribution >= 4 is 22.5 Å². The summed E-state index contributed by atoms with van der Waals surface area (Å²) in [6, 6.07) is 9.73. The zero-order chi connectivity index (χ0) is 16.4. The lowest BCUT2D eigenvalue weighted by molar-refractivity contribution is 0.0997. The van der Waals surface area contributed by atoms with E-state index in [9.17, 15) is 9.18 Å². The molecular weight excluding hydrogens is 299 g/mol. The van der Waals surface area contributed by atoms with Gasteiger partial charge in [0.1, 0.15) is 11.6 Å². The molecule has 0 bridgehead atoms. The van der Waals surface area contributed by atoms with Gasteiger partial charge < -0.3 is 15.8 Å². The Morgan fingerprint density at radius 1 is 1.35 bits per heavy atom. The summed E-state index contributed by atoms with van der Waals surface area (Å²) < 4.78 is 18.6. The molecule has 2 aromatic carbocycles. The summed E-state index contributed by atoms with van der Waals surface area (Å²) in [7, 11) is 1.54. The van der Waals surface area contributed by atoms with Gasteiger partial charge in [0.25, 0.3) is 5.91 Å². The number of nitrogens with two attached hydrogens (primary N) is 1. The number of nitrogens with one attached hydrogen (secondary N) is 2. The lowest BCUT2D eigenvalue weighted by Gasteiger charge is -2.11. The van der Waals surface area contributed by atoms with Gasteiger partial charge in [0.15, 0.2) is 5.69 Å². The number of aromatic nitrogens is 2. The number of benzene rings is 2. The van der Waals surface area contributed by atoms with Crippen LogP contribution in [0.15, 0.2) is 36.4 Å². The number of H-pyrrole nitrogens is 1. The third-order valence-electron chi connectivity index (χ3n) is 3.52. The quantitative estimate of drug-likeness (QED) is 0.674. The molecule has 23 heavy (non-hydrogen) atoms. The van der Waals surface area contributed by atoms with Crippen LogP contribution in [-0.4, -0.2) is 23.2 Å². The van der Waals surface area contributed by atoms with Crippen LogP contribution in [0, 0.1) is 5.82 Å². The van der Waals surface area contributed by atoms with Gasteiger partial charge >= 0.3 is 0 Å². The maximum atomic E-state index is 13.4. The molecule has 0 aliphatic rings. The summed E-state index contributed by atoms with van der Waals surface area (Å²) >= 11 is 0. The molecule has 0 fully saturated rings. The van der Waals surface area contributed by atoms with Gasteiger partial charge in [-0.25, -0.2) is 4.39 Å². The number of ether oxygens (including phenoxy) is 1. The maximum Gasteiger partial charge on any atom is 0.269 e. The first-order valence-electron chi connectivity index (χ1n) is 6.92.